The van der Waals surface area contributed by atoms with Crippen molar-refractivity contribution in [2.75, 3.05) is 49.3 Å². The molecule has 0 spiro atoms. The summed E-state index contributed by atoms with van der Waals surface area (Å²) in [5.74, 6) is -0.438. The normalized spacial score (nSPS) is 20.4. The Labute approximate surface area is 142 Å². The number of ether oxygens (including phenoxy) is 3. The highest BCUT2D eigenvalue weighted by Crippen LogP contribution is 2.28. The maximum atomic E-state index is 14.4. The van der Waals surface area contributed by atoms with E-state index in [0.717, 1.165) is 0 Å². The van der Waals surface area contributed by atoms with Gasteiger partial charge in [0.25, 0.3) is 0 Å². The van der Waals surface area contributed by atoms with Crippen molar-refractivity contribution < 1.29 is 33.4 Å². The fraction of sp³-hybridized carbons (Fsp3) is 0.467. The molecule has 10 heteroatoms. The number of carbonyl (C=O) groups is 2. The zero-order chi connectivity index (χ0) is 17.8. The van der Waals surface area contributed by atoms with Crippen molar-refractivity contribution in [2.24, 2.45) is 0 Å². The van der Waals surface area contributed by atoms with Gasteiger partial charge in [-0.15, -0.1) is 0 Å². The van der Waals surface area contributed by atoms with Crippen molar-refractivity contribution in [3.63, 3.8) is 0 Å². The van der Waals surface area contributed by atoms with Crippen LogP contribution in [0.2, 0.25) is 0 Å². The van der Waals surface area contributed by atoms with Crippen LogP contribution in [0.25, 0.3) is 0 Å². The van der Waals surface area contributed by atoms with Gasteiger partial charge in [0.05, 0.1) is 31.1 Å². The van der Waals surface area contributed by atoms with Gasteiger partial charge in [-0.3, -0.25) is 10.1 Å². The molecular weight excluding hydrogens is 337 g/mol. The first-order chi connectivity index (χ1) is 12.1. The van der Waals surface area contributed by atoms with E-state index in [1.165, 1.54) is 16.4 Å². The topological polar surface area (TPSA) is 101 Å². The van der Waals surface area contributed by atoms with Gasteiger partial charge < -0.3 is 19.1 Å². The van der Waals surface area contributed by atoms with Crippen molar-refractivity contribution in [1.82, 2.24) is 5.48 Å². The van der Waals surface area contributed by atoms with E-state index in [2.05, 4.69) is 4.74 Å². The summed E-state index contributed by atoms with van der Waals surface area (Å²) < 4.78 is 29.4. The summed E-state index contributed by atoms with van der Waals surface area (Å²) in [4.78, 5) is 25.9. The summed E-state index contributed by atoms with van der Waals surface area (Å²) in [6.45, 7) is 2.19. The average molecular weight is 355 g/mol. The van der Waals surface area contributed by atoms with Crippen molar-refractivity contribution in [1.29, 1.82) is 0 Å². The van der Waals surface area contributed by atoms with Crippen molar-refractivity contribution in [2.45, 2.75) is 6.10 Å². The molecule has 9 nitrogen and oxygen atoms in total. The molecule has 2 aliphatic rings. The molecule has 0 aromatic heterocycles. The molecule has 2 heterocycles. The second-order valence-electron chi connectivity index (χ2n) is 5.56. The van der Waals surface area contributed by atoms with Crippen molar-refractivity contribution in [3.05, 3.63) is 24.0 Å². The summed E-state index contributed by atoms with van der Waals surface area (Å²) in [7, 11) is 0. The number of hydrogen-bond donors (Lipinski definition) is 2. The number of nitrogens with zero attached hydrogens (tertiary/aromatic N) is 2. The SMILES string of the molecule is O=C(NO)OC[C@H]1CN(c2ccc(N3CCOCC3)c(F)c2)C(=O)O1. The minimum Gasteiger partial charge on any atom is -0.444 e. The molecule has 2 N–H and O–H groups in total. The van der Waals surface area contributed by atoms with Crippen LogP contribution in [0.5, 0.6) is 0 Å². The van der Waals surface area contributed by atoms with E-state index in [-0.39, 0.29) is 13.2 Å². The standard InChI is InChI=1S/C15H18FN3O6/c16-12-7-10(1-2-13(12)18-3-5-23-6-4-18)19-8-11(25-15(19)21)9-24-14(20)17-22/h1-2,7,11,22H,3-6,8-9H2,(H,17,20)/t11-/m1/s1. The molecule has 1 aromatic rings. The van der Waals surface area contributed by atoms with E-state index in [1.807, 2.05) is 4.90 Å². The molecule has 136 valence electrons. The second-order valence-corrected chi connectivity index (χ2v) is 5.56. The Morgan fingerprint density at radius 2 is 2.16 bits per heavy atom. The number of anilines is 2. The number of nitrogens with one attached hydrogen (secondary N) is 1. The molecule has 2 aliphatic heterocycles. The van der Waals surface area contributed by atoms with Gasteiger partial charge in [-0.05, 0) is 18.2 Å². The molecule has 2 fully saturated rings. The smallest absolute Gasteiger partial charge is 0.431 e. The number of amides is 2. The summed E-state index contributed by atoms with van der Waals surface area (Å²) in [6, 6.07) is 4.53. The average Bonchev–Trinajstić information content (AvgIpc) is 3.01. The van der Waals surface area contributed by atoms with Gasteiger partial charge in [0.2, 0.25) is 0 Å². The van der Waals surface area contributed by atoms with Crippen LogP contribution >= 0.6 is 0 Å². The molecule has 0 aliphatic carbocycles. The van der Waals surface area contributed by atoms with Crippen molar-refractivity contribution in [3.8, 4) is 0 Å². The molecule has 3 rings (SSSR count). The van der Waals surface area contributed by atoms with Crippen LogP contribution in [0.4, 0.5) is 25.4 Å². The monoisotopic (exact) mass is 355 g/mol. The van der Waals surface area contributed by atoms with Gasteiger partial charge in [-0.25, -0.2) is 19.5 Å². The predicted octanol–water partition coefficient (Wildman–Crippen LogP) is 1.10. The molecule has 0 unspecified atom stereocenters. The Balaban J connectivity index is 1.66. The highest BCUT2D eigenvalue weighted by molar-refractivity contribution is 5.90. The third-order valence-electron chi connectivity index (χ3n) is 3.96. The molecule has 0 radical (unpaired) electrons. The van der Waals surface area contributed by atoms with E-state index in [1.54, 1.807) is 12.1 Å². The lowest BCUT2D eigenvalue weighted by Gasteiger charge is -2.29. The number of benzene rings is 1. The van der Waals surface area contributed by atoms with E-state index in [9.17, 15) is 14.0 Å². The zero-order valence-electron chi connectivity index (χ0n) is 13.3. The van der Waals surface area contributed by atoms with Gasteiger partial charge in [0.15, 0.2) is 6.10 Å². The summed E-state index contributed by atoms with van der Waals surface area (Å²) in [5.41, 5.74) is 2.12. The van der Waals surface area contributed by atoms with E-state index in [4.69, 9.17) is 14.7 Å². The summed E-state index contributed by atoms with van der Waals surface area (Å²) in [6.07, 6.45) is -2.40. The van der Waals surface area contributed by atoms with E-state index in [0.29, 0.717) is 37.7 Å². The molecule has 2 amide bonds. The molecule has 2 saturated heterocycles. The van der Waals surface area contributed by atoms with Crippen molar-refractivity contribution >= 4 is 23.6 Å². The fourth-order valence-corrected chi connectivity index (χ4v) is 2.74. The maximum Gasteiger partial charge on any atom is 0.431 e. The number of halogens is 1. The van der Waals surface area contributed by atoms with Crippen LogP contribution in [-0.4, -0.2) is 63.0 Å². The third-order valence-corrected chi connectivity index (χ3v) is 3.96. The van der Waals surface area contributed by atoms with Gasteiger partial charge >= 0.3 is 12.2 Å². The Bertz CT molecular complexity index is 652. The number of hydroxylamine groups is 1. The minimum atomic E-state index is -1.05. The minimum absolute atomic E-state index is 0.105. The Hall–Kier alpha value is -2.59. The van der Waals surface area contributed by atoms with Crippen LogP contribution in [0.3, 0.4) is 0 Å². The molecule has 1 atom stereocenters. The van der Waals surface area contributed by atoms with Crippen LogP contribution in [-0.2, 0) is 14.2 Å². The molecule has 0 saturated carbocycles. The Morgan fingerprint density at radius 1 is 1.40 bits per heavy atom. The molecular formula is C15H18FN3O6. The number of hydrogen-bond acceptors (Lipinski definition) is 7. The van der Waals surface area contributed by atoms with Gasteiger partial charge in [0, 0.05) is 13.1 Å². The van der Waals surface area contributed by atoms with Gasteiger partial charge in [0.1, 0.15) is 12.4 Å². The lowest BCUT2D eigenvalue weighted by atomic mass is 10.2. The zero-order valence-corrected chi connectivity index (χ0v) is 13.3. The first-order valence-corrected chi connectivity index (χ1v) is 7.75. The largest absolute Gasteiger partial charge is 0.444 e. The maximum absolute atomic E-state index is 14.4. The van der Waals surface area contributed by atoms with Crippen LogP contribution in [0.15, 0.2) is 18.2 Å². The summed E-state index contributed by atoms with van der Waals surface area (Å²) in [5, 5.41) is 8.36. The molecule has 0 bridgehead atoms. The number of morpholine rings is 1. The quantitative estimate of drug-likeness (QED) is 0.616. The van der Waals surface area contributed by atoms with E-state index >= 15 is 0 Å². The first-order valence-electron chi connectivity index (χ1n) is 7.75. The lowest BCUT2D eigenvalue weighted by molar-refractivity contribution is 0.0503. The highest BCUT2D eigenvalue weighted by atomic mass is 19.1. The van der Waals surface area contributed by atoms with Gasteiger partial charge in [-0.1, -0.05) is 0 Å². The first kappa shape index (κ1) is 17.2. The third kappa shape index (κ3) is 3.91. The summed E-state index contributed by atoms with van der Waals surface area (Å²) >= 11 is 0. The van der Waals surface area contributed by atoms with Crippen LogP contribution in [0.1, 0.15) is 0 Å². The van der Waals surface area contributed by atoms with Crippen LogP contribution < -0.4 is 15.3 Å². The number of carbonyl (C=O) groups excluding carboxylic acids is 2. The van der Waals surface area contributed by atoms with Crippen LogP contribution in [0, 0.1) is 5.82 Å². The van der Waals surface area contributed by atoms with Gasteiger partial charge in [-0.2, -0.15) is 0 Å². The predicted molar refractivity (Wildman–Crippen MR) is 83.3 cm³/mol. The Kier molecular flexibility index (Phi) is 5.19. The fourth-order valence-electron chi connectivity index (χ4n) is 2.74. The number of cyclic esters (lactones) is 1. The second kappa shape index (κ2) is 7.53. The highest BCUT2D eigenvalue weighted by Gasteiger charge is 2.33. The lowest BCUT2D eigenvalue weighted by Crippen LogP contribution is -2.36. The van der Waals surface area contributed by atoms with E-state index < -0.39 is 24.1 Å². The Morgan fingerprint density at radius 3 is 2.84 bits per heavy atom. The number of rotatable bonds is 4. The molecule has 25 heavy (non-hydrogen) atoms. The molecule has 1 aromatic carbocycles.